The van der Waals surface area contributed by atoms with E-state index < -0.39 is 10.8 Å². The van der Waals surface area contributed by atoms with Gasteiger partial charge >= 0.3 is 0 Å². The highest BCUT2D eigenvalue weighted by Gasteiger charge is 2.59. The van der Waals surface area contributed by atoms with Gasteiger partial charge in [-0.1, -0.05) is 44.2 Å². The maximum atomic E-state index is 13.6. The van der Waals surface area contributed by atoms with E-state index in [1.807, 2.05) is 36.4 Å². The summed E-state index contributed by atoms with van der Waals surface area (Å²) in [4.78, 5) is 14.4. The van der Waals surface area contributed by atoms with Gasteiger partial charge in [-0.2, -0.15) is 0 Å². The molecule has 5 rings (SSSR count). The molecule has 0 heterocycles. The predicted molar refractivity (Wildman–Crippen MR) is 133 cm³/mol. The summed E-state index contributed by atoms with van der Waals surface area (Å²) in [6.45, 7) is 7.45. The summed E-state index contributed by atoms with van der Waals surface area (Å²) in [6.07, 6.45) is 12.9. The number of carbonyl (C=O) groups excluding carboxylic acids is 1. The molecule has 0 saturated heterocycles. The Labute approximate surface area is 200 Å². The minimum atomic E-state index is -1.10. The van der Waals surface area contributed by atoms with Gasteiger partial charge in [0.05, 0.1) is 23.2 Å². The van der Waals surface area contributed by atoms with Crippen LogP contribution in [0.5, 0.6) is 0 Å². The molecule has 0 aromatic heterocycles. The molecule has 4 aliphatic carbocycles. The number of rotatable bonds is 5. The first-order valence-corrected chi connectivity index (χ1v) is 13.9. The summed E-state index contributed by atoms with van der Waals surface area (Å²) in [5.74, 6) is 3.45. The van der Waals surface area contributed by atoms with Gasteiger partial charge in [-0.3, -0.25) is 9.00 Å². The molecule has 1 unspecified atom stereocenters. The van der Waals surface area contributed by atoms with E-state index in [-0.39, 0.29) is 10.8 Å². The summed E-state index contributed by atoms with van der Waals surface area (Å²) in [7, 11) is -1.10. The first kappa shape index (κ1) is 22.8. The molecular formula is C29H36O3S. The second-order valence-corrected chi connectivity index (χ2v) is 12.3. The summed E-state index contributed by atoms with van der Waals surface area (Å²) < 4.78 is 18.6. The second kappa shape index (κ2) is 8.69. The summed E-state index contributed by atoms with van der Waals surface area (Å²) in [6, 6.07) is 9.57. The van der Waals surface area contributed by atoms with Crippen molar-refractivity contribution in [3.8, 4) is 0 Å². The van der Waals surface area contributed by atoms with Crippen molar-refractivity contribution in [1.82, 2.24) is 0 Å². The van der Waals surface area contributed by atoms with Gasteiger partial charge in [-0.25, -0.2) is 0 Å². The highest BCUT2D eigenvalue weighted by Crippen LogP contribution is 2.64. The van der Waals surface area contributed by atoms with Gasteiger partial charge in [-0.05, 0) is 91.6 Å². The highest BCUT2D eigenvalue weighted by molar-refractivity contribution is 7.85. The van der Waals surface area contributed by atoms with Crippen LogP contribution in [0.15, 0.2) is 70.4 Å². The van der Waals surface area contributed by atoms with Gasteiger partial charge in [0.25, 0.3) is 0 Å². The van der Waals surface area contributed by atoms with Crippen molar-refractivity contribution in [2.45, 2.75) is 64.2 Å². The standard InChI is InChI=1S/C29H36O3S/c1-4-32-22-12-15-28(2)21(19-22)10-11-24-25(28)13-16-29(3)26(24)18-20(27(29)30)14-17-33(31)23-8-6-5-7-9-23/h5-10,14,19,24-26H,4,11-13,15-18H2,1-3H3/b20-14+/t24-,25+,26+,28+,29+,33?/m1/s1. The molecule has 0 N–H and O–H groups in total. The second-order valence-electron chi connectivity index (χ2n) is 10.8. The molecule has 1 aromatic carbocycles. The number of Topliss-reactive ketones (excluding diaryl/α,β-unsaturated/α-hetero) is 1. The monoisotopic (exact) mass is 464 g/mol. The topological polar surface area (TPSA) is 43.4 Å². The first-order valence-electron chi connectivity index (χ1n) is 12.6. The zero-order valence-corrected chi connectivity index (χ0v) is 21.0. The smallest absolute Gasteiger partial charge is 0.164 e. The minimum absolute atomic E-state index is 0.190. The van der Waals surface area contributed by atoms with E-state index in [1.54, 1.807) is 0 Å². The van der Waals surface area contributed by atoms with E-state index in [0.29, 0.717) is 29.3 Å². The van der Waals surface area contributed by atoms with Crippen LogP contribution in [-0.2, 0) is 20.3 Å². The normalized spacial score (nSPS) is 37.5. The van der Waals surface area contributed by atoms with Crippen LogP contribution < -0.4 is 0 Å². The third kappa shape index (κ3) is 3.79. The van der Waals surface area contributed by atoms with Crippen molar-refractivity contribution < 1.29 is 13.7 Å². The fourth-order valence-corrected chi connectivity index (χ4v) is 8.30. The average molecular weight is 465 g/mol. The van der Waals surface area contributed by atoms with Gasteiger partial charge in [0.2, 0.25) is 0 Å². The van der Waals surface area contributed by atoms with Gasteiger partial charge < -0.3 is 4.74 Å². The van der Waals surface area contributed by atoms with E-state index in [4.69, 9.17) is 4.74 Å². The van der Waals surface area contributed by atoms with Crippen LogP contribution >= 0.6 is 0 Å². The van der Waals surface area contributed by atoms with Crippen molar-refractivity contribution in [2.75, 3.05) is 12.4 Å². The van der Waals surface area contributed by atoms with Crippen molar-refractivity contribution in [3.05, 3.63) is 65.5 Å². The lowest BCUT2D eigenvalue weighted by Crippen LogP contribution is -2.49. The lowest BCUT2D eigenvalue weighted by molar-refractivity contribution is -0.129. The Bertz CT molecular complexity index is 1050. The number of hydrogen-bond donors (Lipinski definition) is 0. The van der Waals surface area contributed by atoms with Crippen LogP contribution in [-0.4, -0.2) is 22.4 Å². The summed E-state index contributed by atoms with van der Waals surface area (Å²) in [5.41, 5.74) is 2.31. The molecule has 33 heavy (non-hydrogen) atoms. The molecule has 0 radical (unpaired) electrons. The Morgan fingerprint density at radius 3 is 2.67 bits per heavy atom. The zero-order chi connectivity index (χ0) is 23.2. The van der Waals surface area contributed by atoms with Crippen LogP contribution in [0.3, 0.4) is 0 Å². The molecule has 0 amide bonds. The zero-order valence-electron chi connectivity index (χ0n) is 20.1. The minimum Gasteiger partial charge on any atom is -0.498 e. The molecule has 0 bridgehead atoms. The van der Waals surface area contributed by atoms with Gasteiger partial charge in [0, 0.05) is 22.5 Å². The molecule has 4 heteroatoms. The molecule has 6 atom stereocenters. The van der Waals surface area contributed by atoms with Crippen molar-refractivity contribution in [1.29, 1.82) is 0 Å². The number of benzene rings is 1. The third-order valence-electron chi connectivity index (χ3n) is 9.19. The van der Waals surface area contributed by atoms with Crippen LogP contribution in [0, 0.1) is 28.6 Å². The van der Waals surface area contributed by atoms with Gasteiger partial charge in [0.1, 0.15) is 0 Å². The molecule has 4 aliphatic rings. The molecule has 0 spiro atoms. The molecule has 2 fully saturated rings. The molecule has 176 valence electrons. The quantitative estimate of drug-likeness (QED) is 0.474. The maximum absolute atomic E-state index is 13.6. The van der Waals surface area contributed by atoms with Crippen LogP contribution in [0.4, 0.5) is 0 Å². The van der Waals surface area contributed by atoms with Crippen molar-refractivity contribution in [2.24, 2.45) is 28.6 Å². The molecular weight excluding hydrogens is 428 g/mol. The van der Waals surface area contributed by atoms with E-state index in [9.17, 15) is 9.00 Å². The fourth-order valence-electron chi connectivity index (χ4n) is 7.29. The Hall–Kier alpha value is -1.94. The number of hydrogen-bond acceptors (Lipinski definition) is 3. The highest BCUT2D eigenvalue weighted by atomic mass is 32.2. The van der Waals surface area contributed by atoms with Crippen LogP contribution in [0.25, 0.3) is 0 Å². The molecule has 3 nitrogen and oxygen atoms in total. The Kier molecular flexibility index (Phi) is 6.01. The average Bonchev–Trinajstić information content (AvgIpc) is 3.08. The van der Waals surface area contributed by atoms with Gasteiger partial charge in [0.15, 0.2) is 5.78 Å². The van der Waals surface area contributed by atoms with E-state index in [1.165, 1.54) is 5.57 Å². The number of allylic oxidation sites excluding steroid dienone is 5. The van der Waals surface area contributed by atoms with E-state index in [0.717, 1.165) is 61.4 Å². The SMILES string of the molecule is CCOC1=CC2=CC[C@@H]3[C@H](CC[C@]4(C)C(=O)/C(=C/CS(=O)c5ccccc5)C[C@@H]34)[C@@]2(C)CC1. The first-order chi connectivity index (χ1) is 15.9. The largest absolute Gasteiger partial charge is 0.498 e. The van der Waals surface area contributed by atoms with E-state index in [2.05, 4.69) is 32.9 Å². The molecule has 1 aromatic rings. The van der Waals surface area contributed by atoms with Crippen molar-refractivity contribution in [3.63, 3.8) is 0 Å². The van der Waals surface area contributed by atoms with Crippen molar-refractivity contribution >= 4 is 16.6 Å². The number of fused-ring (bicyclic) bond motifs is 5. The van der Waals surface area contributed by atoms with Crippen LogP contribution in [0.2, 0.25) is 0 Å². The summed E-state index contributed by atoms with van der Waals surface area (Å²) in [5, 5.41) is 0. The molecule has 0 aliphatic heterocycles. The lowest BCUT2D eigenvalue weighted by Gasteiger charge is -2.55. The molecule has 2 saturated carbocycles. The predicted octanol–water partition coefficient (Wildman–Crippen LogP) is 6.39. The van der Waals surface area contributed by atoms with Gasteiger partial charge in [-0.15, -0.1) is 0 Å². The Balaban J connectivity index is 1.38. The number of carbonyl (C=O) groups is 1. The fraction of sp³-hybridized carbons (Fsp3) is 0.552. The number of ketones is 1. The maximum Gasteiger partial charge on any atom is 0.164 e. The number of ether oxygens (including phenoxy) is 1. The Morgan fingerprint density at radius 1 is 1.12 bits per heavy atom. The lowest BCUT2D eigenvalue weighted by atomic mass is 9.49. The Morgan fingerprint density at radius 2 is 1.91 bits per heavy atom. The van der Waals surface area contributed by atoms with Crippen LogP contribution in [0.1, 0.15) is 59.3 Å². The third-order valence-corrected chi connectivity index (χ3v) is 10.5. The van der Waals surface area contributed by atoms with E-state index >= 15 is 0 Å². The summed E-state index contributed by atoms with van der Waals surface area (Å²) >= 11 is 0.